The second kappa shape index (κ2) is 5.64. The van der Waals surface area contributed by atoms with E-state index in [4.69, 9.17) is 0 Å². The number of benzene rings is 1. The van der Waals surface area contributed by atoms with Gasteiger partial charge in [0.25, 0.3) is 0 Å². The first-order valence-electron chi connectivity index (χ1n) is 6.10. The van der Waals surface area contributed by atoms with Gasteiger partial charge in [0.2, 0.25) is 0 Å². The molecular formula is C14H19N3. The average molecular weight is 229 g/mol. The Bertz CT molecular complexity index is 448. The van der Waals surface area contributed by atoms with Gasteiger partial charge < -0.3 is 9.88 Å². The van der Waals surface area contributed by atoms with Gasteiger partial charge in [0, 0.05) is 18.9 Å². The van der Waals surface area contributed by atoms with Gasteiger partial charge in [-0.25, -0.2) is 4.98 Å². The summed E-state index contributed by atoms with van der Waals surface area (Å²) in [6.07, 6.45) is 5.04. The maximum atomic E-state index is 4.48. The van der Waals surface area contributed by atoms with Crippen LogP contribution in [0, 0.1) is 0 Å². The lowest BCUT2D eigenvalue weighted by Crippen LogP contribution is -2.22. The van der Waals surface area contributed by atoms with Crippen LogP contribution < -0.4 is 5.32 Å². The molecule has 0 fully saturated rings. The van der Waals surface area contributed by atoms with Crippen molar-refractivity contribution in [1.29, 1.82) is 0 Å². The number of nitrogens with one attached hydrogen (secondary N) is 1. The zero-order valence-corrected chi connectivity index (χ0v) is 10.4. The van der Waals surface area contributed by atoms with Crippen LogP contribution in [-0.2, 0) is 6.54 Å². The number of rotatable bonds is 5. The molecule has 0 amide bonds. The molecule has 1 aromatic carbocycles. The van der Waals surface area contributed by atoms with Gasteiger partial charge in [0.1, 0.15) is 5.82 Å². The second-order valence-electron chi connectivity index (χ2n) is 4.11. The minimum Gasteiger partial charge on any atom is -0.333 e. The lowest BCUT2D eigenvalue weighted by atomic mass is 10.1. The molecule has 90 valence electrons. The summed E-state index contributed by atoms with van der Waals surface area (Å²) < 4.78 is 2.22. The van der Waals surface area contributed by atoms with Gasteiger partial charge >= 0.3 is 0 Å². The molecule has 1 aromatic heterocycles. The van der Waals surface area contributed by atoms with Gasteiger partial charge in [-0.05, 0) is 19.0 Å². The highest BCUT2D eigenvalue weighted by molar-refractivity contribution is 5.25. The van der Waals surface area contributed by atoms with E-state index in [-0.39, 0.29) is 6.04 Å². The normalized spacial score (nSPS) is 12.6. The van der Waals surface area contributed by atoms with Gasteiger partial charge in [-0.1, -0.05) is 37.3 Å². The highest BCUT2D eigenvalue weighted by atomic mass is 15.1. The molecule has 0 bridgehead atoms. The molecular weight excluding hydrogens is 210 g/mol. The molecule has 0 aliphatic rings. The van der Waals surface area contributed by atoms with Crippen LogP contribution in [0.1, 0.15) is 30.8 Å². The minimum absolute atomic E-state index is 0.165. The van der Waals surface area contributed by atoms with E-state index >= 15 is 0 Å². The average Bonchev–Trinajstić information content (AvgIpc) is 2.81. The van der Waals surface area contributed by atoms with Gasteiger partial charge in [-0.15, -0.1) is 0 Å². The molecule has 0 radical (unpaired) electrons. The van der Waals surface area contributed by atoms with Crippen LogP contribution in [0.4, 0.5) is 0 Å². The maximum Gasteiger partial charge on any atom is 0.130 e. The second-order valence-corrected chi connectivity index (χ2v) is 4.11. The van der Waals surface area contributed by atoms with Gasteiger partial charge in [0.05, 0.1) is 6.04 Å². The summed E-state index contributed by atoms with van der Waals surface area (Å²) in [5.74, 6) is 1.08. The highest BCUT2D eigenvalue weighted by Crippen LogP contribution is 2.20. The third-order valence-electron chi connectivity index (χ3n) is 2.89. The molecule has 0 spiro atoms. The maximum absolute atomic E-state index is 4.48. The SMILES string of the molecule is CCCn1ccnc1C(NC)c1ccccc1. The minimum atomic E-state index is 0.165. The van der Waals surface area contributed by atoms with E-state index < -0.39 is 0 Å². The third kappa shape index (κ3) is 2.56. The molecule has 0 saturated heterocycles. The lowest BCUT2D eigenvalue weighted by molar-refractivity contribution is 0.568. The number of aryl methyl sites for hydroxylation is 1. The largest absolute Gasteiger partial charge is 0.333 e. The monoisotopic (exact) mass is 229 g/mol. The number of hydrogen-bond acceptors (Lipinski definition) is 2. The Morgan fingerprint density at radius 1 is 1.29 bits per heavy atom. The fourth-order valence-electron chi connectivity index (χ4n) is 2.10. The number of hydrogen-bond donors (Lipinski definition) is 1. The lowest BCUT2D eigenvalue weighted by Gasteiger charge is -2.17. The Kier molecular flexibility index (Phi) is 3.94. The van der Waals surface area contributed by atoms with E-state index in [1.807, 2.05) is 25.5 Å². The van der Waals surface area contributed by atoms with Crippen molar-refractivity contribution < 1.29 is 0 Å². The van der Waals surface area contributed by atoms with Crippen molar-refractivity contribution in [3.05, 3.63) is 54.1 Å². The quantitative estimate of drug-likeness (QED) is 0.854. The van der Waals surface area contributed by atoms with Crippen LogP contribution in [0.3, 0.4) is 0 Å². The molecule has 1 N–H and O–H groups in total. The summed E-state index contributed by atoms with van der Waals surface area (Å²) >= 11 is 0. The predicted octanol–water partition coefficient (Wildman–Crippen LogP) is 2.60. The summed E-state index contributed by atoms with van der Waals surface area (Å²) in [6.45, 7) is 3.20. The van der Waals surface area contributed by atoms with Crippen molar-refractivity contribution in [2.75, 3.05) is 7.05 Å². The van der Waals surface area contributed by atoms with Crippen molar-refractivity contribution in [1.82, 2.24) is 14.9 Å². The van der Waals surface area contributed by atoms with Crippen molar-refractivity contribution in [2.24, 2.45) is 0 Å². The van der Waals surface area contributed by atoms with E-state index in [2.05, 4.69) is 46.1 Å². The van der Waals surface area contributed by atoms with Crippen LogP contribution in [0.5, 0.6) is 0 Å². The topological polar surface area (TPSA) is 29.9 Å². The van der Waals surface area contributed by atoms with Crippen LogP contribution in [0.25, 0.3) is 0 Å². The molecule has 17 heavy (non-hydrogen) atoms. The Balaban J connectivity index is 2.32. The molecule has 1 atom stereocenters. The van der Waals surface area contributed by atoms with Crippen molar-refractivity contribution in [2.45, 2.75) is 25.9 Å². The predicted molar refractivity (Wildman–Crippen MR) is 69.9 cm³/mol. The molecule has 3 nitrogen and oxygen atoms in total. The molecule has 2 rings (SSSR count). The Hall–Kier alpha value is -1.61. The molecule has 0 aliphatic carbocycles. The molecule has 0 saturated carbocycles. The van der Waals surface area contributed by atoms with Crippen LogP contribution in [0.2, 0.25) is 0 Å². The van der Waals surface area contributed by atoms with Crippen LogP contribution in [0.15, 0.2) is 42.7 Å². The van der Waals surface area contributed by atoms with Crippen molar-refractivity contribution >= 4 is 0 Å². The number of imidazole rings is 1. The fourth-order valence-corrected chi connectivity index (χ4v) is 2.10. The van der Waals surface area contributed by atoms with Gasteiger partial charge in [-0.2, -0.15) is 0 Å². The summed E-state index contributed by atoms with van der Waals surface area (Å²) in [4.78, 5) is 4.48. The third-order valence-corrected chi connectivity index (χ3v) is 2.89. The first-order chi connectivity index (χ1) is 8.36. The molecule has 1 heterocycles. The van der Waals surface area contributed by atoms with Crippen LogP contribution in [-0.4, -0.2) is 16.6 Å². The van der Waals surface area contributed by atoms with E-state index in [0.29, 0.717) is 0 Å². The van der Waals surface area contributed by atoms with Gasteiger partial charge in [-0.3, -0.25) is 0 Å². The zero-order chi connectivity index (χ0) is 12.1. The number of nitrogens with zero attached hydrogens (tertiary/aromatic N) is 2. The van der Waals surface area contributed by atoms with Crippen LogP contribution >= 0.6 is 0 Å². The van der Waals surface area contributed by atoms with E-state index in [0.717, 1.165) is 18.8 Å². The zero-order valence-electron chi connectivity index (χ0n) is 10.4. The highest BCUT2D eigenvalue weighted by Gasteiger charge is 2.16. The molecule has 2 aromatic rings. The first kappa shape index (κ1) is 11.9. The summed E-state index contributed by atoms with van der Waals surface area (Å²) in [5, 5.41) is 3.34. The molecule has 3 heteroatoms. The summed E-state index contributed by atoms with van der Waals surface area (Å²) in [5.41, 5.74) is 1.25. The van der Waals surface area contributed by atoms with E-state index in [9.17, 15) is 0 Å². The van der Waals surface area contributed by atoms with Crippen molar-refractivity contribution in [3.8, 4) is 0 Å². The Labute approximate surface area is 103 Å². The molecule has 0 aliphatic heterocycles. The van der Waals surface area contributed by atoms with E-state index in [1.54, 1.807) is 0 Å². The fraction of sp³-hybridized carbons (Fsp3) is 0.357. The molecule has 1 unspecified atom stereocenters. The standard InChI is InChI=1S/C14H19N3/c1-3-10-17-11-9-16-14(17)13(15-2)12-7-5-4-6-8-12/h4-9,11,13,15H,3,10H2,1-2H3. The summed E-state index contributed by atoms with van der Waals surface area (Å²) in [6, 6.07) is 10.6. The Morgan fingerprint density at radius 2 is 2.06 bits per heavy atom. The smallest absolute Gasteiger partial charge is 0.130 e. The van der Waals surface area contributed by atoms with Crippen molar-refractivity contribution in [3.63, 3.8) is 0 Å². The van der Waals surface area contributed by atoms with Gasteiger partial charge in [0.15, 0.2) is 0 Å². The summed E-state index contributed by atoms with van der Waals surface area (Å²) in [7, 11) is 1.97. The van der Waals surface area contributed by atoms with E-state index in [1.165, 1.54) is 5.56 Å². The number of aromatic nitrogens is 2. The first-order valence-corrected chi connectivity index (χ1v) is 6.10. The Morgan fingerprint density at radius 3 is 2.71 bits per heavy atom.